The molecule has 134 valence electrons. The summed E-state index contributed by atoms with van der Waals surface area (Å²) < 4.78 is 5.05. The normalized spacial score (nSPS) is 28.4. The Bertz CT molecular complexity index is 695. The highest BCUT2D eigenvalue weighted by Crippen LogP contribution is 2.45. The second-order valence-corrected chi connectivity index (χ2v) is 6.81. The van der Waals surface area contributed by atoms with E-state index in [1.807, 2.05) is 41.3 Å². The van der Waals surface area contributed by atoms with Gasteiger partial charge in [0.05, 0.1) is 24.9 Å². The predicted octanol–water partition coefficient (Wildman–Crippen LogP) is 1.80. The van der Waals surface area contributed by atoms with Gasteiger partial charge in [-0.25, -0.2) is 4.79 Å². The molecule has 4 rings (SSSR count). The lowest BCUT2D eigenvalue weighted by molar-refractivity contribution is -0.141. The summed E-state index contributed by atoms with van der Waals surface area (Å²) >= 11 is 0. The molecule has 2 amide bonds. The van der Waals surface area contributed by atoms with Gasteiger partial charge in [-0.15, -0.1) is 0 Å². The van der Waals surface area contributed by atoms with Gasteiger partial charge in [-0.2, -0.15) is 5.06 Å². The number of benzene rings is 1. The van der Waals surface area contributed by atoms with E-state index in [0.29, 0.717) is 31.7 Å². The van der Waals surface area contributed by atoms with Crippen molar-refractivity contribution in [1.82, 2.24) is 9.96 Å². The number of piperidine rings is 1. The molecule has 0 saturated carbocycles. The van der Waals surface area contributed by atoms with E-state index in [2.05, 4.69) is 0 Å². The number of esters is 1. The van der Waals surface area contributed by atoms with Crippen molar-refractivity contribution in [2.24, 2.45) is 5.92 Å². The number of para-hydroxylation sites is 1. The van der Waals surface area contributed by atoms with E-state index in [0.717, 1.165) is 17.7 Å². The molecule has 0 radical (unpaired) electrons. The van der Waals surface area contributed by atoms with Crippen LogP contribution in [-0.2, 0) is 14.4 Å². The number of nitrogens with zero attached hydrogens (tertiary/aromatic N) is 3. The Morgan fingerprint density at radius 2 is 2.16 bits per heavy atom. The summed E-state index contributed by atoms with van der Waals surface area (Å²) in [6.07, 6.45) is 0.844. The van der Waals surface area contributed by atoms with Crippen LogP contribution in [0, 0.1) is 5.92 Å². The minimum atomic E-state index is -0.386. The SMILES string of the molecule is CCOC(=O)CN1C(=O)N2C[C@H]3CON(C)[C@H]3C[C@H]2c2ccccc21. The molecule has 0 bridgehead atoms. The average Bonchev–Trinajstić information content (AvgIpc) is 2.98. The van der Waals surface area contributed by atoms with Crippen LogP contribution in [0.2, 0.25) is 0 Å². The van der Waals surface area contributed by atoms with Crippen molar-refractivity contribution in [2.45, 2.75) is 25.4 Å². The zero-order chi connectivity index (χ0) is 17.6. The fourth-order valence-electron chi connectivity index (χ4n) is 4.24. The van der Waals surface area contributed by atoms with E-state index in [9.17, 15) is 9.59 Å². The number of hydrogen-bond acceptors (Lipinski definition) is 5. The van der Waals surface area contributed by atoms with Gasteiger partial charge in [0.25, 0.3) is 0 Å². The van der Waals surface area contributed by atoms with Crippen LogP contribution in [0.4, 0.5) is 10.5 Å². The number of ether oxygens (including phenoxy) is 1. The molecule has 3 atom stereocenters. The van der Waals surface area contributed by atoms with E-state index >= 15 is 0 Å². The van der Waals surface area contributed by atoms with Gasteiger partial charge in [-0.05, 0) is 25.0 Å². The second-order valence-electron chi connectivity index (χ2n) is 6.81. The minimum absolute atomic E-state index is 0.0209. The van der Waals surface area contributed by atoms with E-state index in [4.69, 9.17) is 9.57 Å². The monoisotopic (exact) mass is 345 g/mol. The van der Waals surface area contributed by atoms with Crippen molar-refractivity contribution in [1.29, 1.82) is 0 Å². The van der Waals surface area contributed by atoms with Gasteiger partial charge in [0.15, 0.2) is 0 Å². The molecule has 1 aromatic carbocycles. The summed E-state index contributed by atoms with van der Waals surface area (Å²) in [5, 5.41) is 1.93. The standard InChI is InChI=1S/C18H23N3O4/c1-3-24-17(22)10-21-14-7-5-4-6-13(14)16-8-15-12(11-25-19(15)2)9-20(16)18(21)23/h4-7,12,15-16H,3,8-11H2,1-2H3/t12-,15-,16-/m0/s1. The lowest BCUT2D eigenvalue weighted by Gasteiger charge is -2.48. The highest BCUT2D eigenvalue weighted by Gasteiger charge is 2.48. The van der Waals surface area contributed by atoms with Crippen molar-refractivity contribution < 1.29 is 19.2 Å². The molecular formula is C18H23N3O4. The molecule has 3 heterocycles. The van der Waals surface area contributed by atoms with E-state index in [-0.39, 0.29) is 24.6 Å². The zero-order valence-corrected chi connectivity index (χ0v) is 14.6. The molecule has 2 fully saturated rings. The highest BCUT2D eigenvalue weighted by atomic mass is 16.7. The Morgan fingerprint density at radius 3 is 2.96 bits per heavy atom. The van der Waals surface area contributed by atoms with E-state index < -0.39 is 0 Å². The Kier molecular flexibility index (Phi) is 4.13. The predicted molar refractivity (Wildman–Crippen MR) is 90.9 cm³/mol. The van der Waals surface area contributed by atoms with Crippen molar-refractivity contribution in [3.05, 3.63) is 29.8 Å². The highest BCUT2D eigenvalue weighted by molar-refractivity contribution is 5.99. The number of amides is 2. The second kappa shape index (κ2) is 6.31. The van der Waals surface area contributed by atoms with Crippen LogP contribution in [0.15, 0.2) is 24.3 Å². The fraction of sp³-hybridized carbons (Fsp3) is 0.556. The molecule has 1 aromatic rings. The third kappa shape index (κ3) is 2.67. The Morgan fingerprint density at radius 1 is 1.36 bits per heavy atom. The van der Waals surface area contributed by atoms with Crippen molar-refractivity contribution in [3.8, 4) is 0 Å². The molecule has 0 N–H and O–H groups in total. The Labute approximate surface area is 147 Å². The Hall–Kier alpha value is -2.12. The number of hydrogen-bond donors (Lipinski definition) is 0. The molecule has 0 unspecified atom stereocenters. The maximum absolute atomic E-state index is 13.1. The summed E-state index contributed by atoms with van der Waals surface area (Å²) in [4.78, 5) is 34.2. The fourth-order valence-corrected chi connectivity index (χ4v) is 4.24. The summed E-state index contributed by atoms with van der Waals surface area (Å²) in [6.45, 7) is 3.30. The van der Waals surface area contributed by atoms with Gasteiger partial charge < -0.3 is 9.64 Å². The van der Waals surface area contributed by atoms with Crippen LogP contribution in [0.25, 0.3) is 0 Å². The number of hydroxylamine groups is 2. The summed E-state index contributed by atoms with van der Waals surface area (Å²) in [7, 11) is 1.96. The number of anilines is 1. The average molecular weight is 345 g/mol. The van der Waals surface area contributed by atoms with E-state index in [1.54, 1.807) is 11.8 Å². The minimum Gasteiger partial charge on any atom is -0.465 e. The quantitative estimate of drug-likeness (QED) is 0.782. The van der Waals surface area contributed by atoms with Gasteiger partial charge in [-0.1, -0.05) is 18.2 Å². The third-order valence-corrected chi connectivity index (χ3v) is 5.43. The number of fused-ring (bicyclic) bond motifs is 4. The maximum atomic E-state index is 13.1. The molecular weight excluding hydrogens is 322 g/mol. The first-order chi connectivity index (χ1) is 12.1. The molecule has 0 spiro atoms. The van der Waals surface area contributed by atoms with Crippen molar-refractivity contribution in [2.75, 3.05) is 38.3 Å². The largest absolute Gasteiger partial charge is 0.465 e. The van der Waals surface area contributed by atoms with Gasteiger partial charge in [0.1, 0.15) is 6.54 Å². The molecule has 25 heavy (non-hydrogen) atoms. The molecule has 7 nitrogen and oxygen atoms in total. The van der Waals surface area contributed by atoms with Crippen LogP contribution in [0.3, 0.4) is 0 Å². The van der Waals surface area contributed by atoms with Gasteiger partial charge >= 0.3 is 12.0 Å². The molecule has 3 aliphatic heterocycles. The lowest BCUT2D eigenvalue weighted by Crippen LogP contribution is -2.57. The molecule has 2 saturated heterocycles. The van der Waals surface area contributed by atoms with Crippen molar-refractivity contribution in [3.63, 3.8) is 0 Å². The van der Waals surface area contributed by atoms with E-state index in [1.165, 1.54) is 0 Å². The first-order valence-corrected chi connectivity index (χ1v) is 8.78. The number of urea groups is 1. The third-order valence-electron chi connectivity index (χ3n) is 5.43. The molecule has 0 aliphatic carbocycles. The van der Waals surface area contributed by atoms with Gasteiger partial charge in [-0.3, -0.25) is 14.5 Å². The van der Waals surface area contributed by atoms with Gasteiger partial charge in [0.2, 0.25) is 0 Å². The first-order valence-electron chi connectivity index (χ1n) is 8.78. The van der Waals surface area contributed by atoms with Crippen LogP contribution >= 0.6 is 0 Å². The summed E-state index contributed by atoms with van der Waals surface area (Å²) in [6, 6.07) is 8.06. The molecule has 0 aromatic heterocycles. The van der Waals surface area contributed by atoms with Gasteiger partial charge in [0, 0.05) is 25.6 Å². The smallest absolute Gasteiger partial charge is 0.326 e. The maximum Gasteiger partial charge on any atom is 0.326 e. The topological polar surface area (TPSA) is 62.3 Å². The number of carbonyl (C=O) groups is 2. The zero-order valence-electron chi connectivity index (χ0n) is 14.6. The summed E-state index contributed by atoms with van der Waals surface area (Å²) in [5.74, 6) is -0.0807. The number of carbonyl (C=O) groups excluding carboxylic acids is 2. The Balaban J connectivity index is 1.68. The number of rotatable bonds is 3. The van der Waals surface area contributed by atoms with Crippen LogP contribution in [0.5, 0.6) is 0 Å². The summed E-state index contributed by atoms with van der Waals surface area (Å²) in [5.41, 5.74) is 1.90. The van der Waals surface area contributed by atoms with Crippen LogP contribution < -0.4 is 4.90 Å². The lowest BCUT2D eigenvalue weighted by atomic mass is 9.84. The van der Waals surface area contributed by atoms with Crippen molar-refractivity contribution >= 4 is 17.7 Å². The van der Waals surface area contributed by atoms with Crippen LogP contribution in [0.1, 0.15) is 24.9 Å². The first kappa shape index (κ1) is 16.4. The molecule has 7 heteroatoms. The molecule has 3 aliphatic rings. The van der Waals surface area contributed by atoms with Crippen LogP contribution in [-0.4, -0.2) is 61.4 Å².